The zero-order valence-corrected chi connectivity index (χ0v) is 19.3. The predicted molar refractivity (Wildman–Crippen MR) is 124 cm³/mol. The van der Waals surface area contributed by atoms with Gasteiger partial charge in [-0.25, -0.2) is 13.9 Å². The second-order valence-corrected chi connectivity index (χ2v) is 9.05. The molecule has 0 atom stereocenters. The first-order chi connectivity index (χ1) is 15.6. The van der Waals surface area contributed by atoms with E-state index >= 15 is 0 Å². The number of nitrogen functional groups attached to an aromatic ring is 1. The lowest BCUT2D eigenvalue weighted by Crippen LogP contribution is -2.35. The number of amides is 3. The van der Waals surface area contributed by atoms with E-state index in [-0.39, 0.29) is 28.6 Å². The van der Waals surface area contributed by atoms with E-state index in [4.69, 9.17) is 10.6 Å². The monoisotopic (exact) mass is 472 g/mol. The third kappa shape index (κ3) is 6.69. The summed E-state index contributed by atoms with van der Waals surface area (Å²) in [5, 5.41) is 12.6. The van der Waals surface area contributed by atoms with Gasteiger partial charge in [-0.1, -0.05) is 56.8 Å². The number of thioether (sulfide) groups is 1. The van der Waals surface area contributed by atoms with E-state index in [2.05, 4.69) is 41.6 Å². The van der Waals surface area contributed by atoms with Gasteiger partial charge in [0.2, 0.25) is 11.1 Å². The summed E-state index contributed by atoms with van der Waals surface area (Å²) in [6.07, 6.45) is 0. The van der Waals surface area contributed by atoms with Crippen molar-refractivity contribution in [3.63, 3.8) is 0 Å². The van der Waals surface area contributed by atoms with Crippen molar-refractivity contribution in [1.29, 1.82) is 0 Å². The normalized spacial score (nSPS) is 11.2. The van der Waals surface area contributed by atoms with Crippen LogP contribution in [0.2, 0.25) is 0 Å². The largest absolute Gasteiger partial charge is 0.486 e. The summed E-state index contributed by atoms with van der Waals surface area (Å²) in [4.78, 5) is 23.9. The number of ether oxygens (including phenoxy) is 1. The minimum absolute atomic E-state index is 0.0326. The van der Waals surface area contributed by atoms with Crippen molar-refractivity contribution >= 4 is 29.4 Å². The molecule has 0 spiro atoms. The van der Waals surface area contributed by atoms with E-state index in [1.807, 2.05) is 24.3 Å². The molecule has 3 amide bonds. The smallest absolute Gasteiger partial charge is 0.325 e. The van der Waals surface area contributed by atoms with Crippen LogP contribution in [0.15, 0.2) is 53.7 Å². The molecule has 1 heterocycles. The van der Waals surface area contributed by atoms with Gasteiger partial charge in [0.25, 0.3) is 0 Å². The molecule has 0 unspecified atom stereocenters. The number of nitrogens with zero attached hydrogens (tertiary/aromatic N) is 3. The quantitative estimate of drug-likeness (QED) is 0.355. The maximum Gasteiger partial charge on any atom is 0.325 e. The molecule has 3 rings (SSSR count). The Morgan fingerprint density at radius 3 is 2.48 bits per heavy atom. The molecule has 0 radical (unpaired) electrons. The number of hydrogen-bond acceptors (Lipinski definition) is 7. The van der Waals surface area contributed by atoms with E-state index in [0.717, 1.165) is 11.8 Å². The summed E-state index contributed by atoms with van der Waals surface area (Å²) >= 11 is 0.996. The molecule has 9 nitrogen and oxygen atoms in total. The van der Waals surface area contributed by atoms with Crippen LogP contribution in [0.3, 0.4) is 0 Å². The Kier molecular flexibility index (Phi) is 7.54. The zero-order chi connectivity index (χ0) is 24.0. The number of para-hydroxylation sites is 1. The van der Waals surface area contributed by atoms with Gasteiger partial charge >= 0.3 is 6.03 Å². The van der Waals surface area contributed by atoms with Crippen LogP contribution in [-0.2, 0) is 16.8 Å². The Labute approximate surface area is 194 Å². The molecule has 174 valence electrons. The Morgan fingerprint density at radius 2 is 1.82 bits per heavy atom. The van der Waals surface area contributed by atoms with Crippen LogP contribution in [0.25, 0.3) is 0 Å². The minimum atomic E-state index is -0.841. The van der Waals surface area contributed by atoms with Gasteiger partial charge in [-0.05, 0) is 35.2 Å². The van der Waals surface area contributed by atoms with Gasteiger partial charge in [0.15, 0.2) is 5.82 Å². The van der Waals surface area contributed by atoms with Crippen LogP contribution >= 0.6 is 11.8 Å². The second-order valence-electron chi connectivity index (χ2n) is 8.10. The highest BCUT2D eigenvalue weighted by molar-refractivity contribution is 7.99. The number of nitrogens with one attached hydrogen (secondary N) is 2. The first kappa shape index (κ1) is 24.1. The topological polar surface area (TPSA) is 124 Å². The fourth-order valence-corrected chi connectivity index (χ4v) is 3.39. The lowest BCUT2D eigenvalue weighted by molar-refractivity contribution is -0.117. The maximum absolute atomic E-state index is 13.6. The Morgan fingerprint density at radius 1 is 1.12 bits per heavy atom. The second kappa shape index (κ2) is 10.3. The van der Waals surface area contributed by atoms with Crippen molar-refractivity contribution in [1.82, 2.24) is 20.2 Å². The number of carbonyl (C=O) groups is 2. The molecule has 3 aromatic rings. The van der Waals surface area contributed by atoms with Crippen LogP contribution in [0.4, 0.5) is 14.9 Å². The zero-order valence-electron chi connectivity index (χ0n) is 18.5. The van der Waals surface area contributed by atoms with Crippen LogP contribution in [-0.4, -0.2) is 32.6 Å². The number of rotatable bonds is 7. The number of carbonyl (C=O) groups excluding carboxylic acids is 2. The molecule has 0 bridgehead atoms. The summed E-state index contributed by atoms with van der Waals surface area (Å²) in [5.74, 6) is 5.68. The minimum Gasteiger partial charge on any atom is -0.486 e. The van der Waals surface area contributed by atoms with Crippen LogP contribution < -0.4 is 21.2 Å². The van der Waals surface area contributed by atoms with E-state index in [1.165, 1.54) is 28.4 Å². The van der Waals surface area contributed by atoms with Gasteiger partial charge in [-0.15, -0.1) is 10.2 Å². The van der Waals surface area contributed by atoms with Crippen molar-refractivity contribution in [2.45, 2.75) is 37.9 Å². The number of halogens is 1. The molecule has 1 aromatic heterocycles. The fourth-order valence-electron chi connectivity index (χ4n) is 2.71. The molecule has 0 saturated carbocycles. The summed E-state index contributed by atoms with van der Waals surface area (Å²) in [5.41, 5.74) is 1.21. The Balaban J connectivity index is 1.48. The number of imide groups is 1. The standard InChI is InChI=1S/C22H25FN6O3S/c1-22(2,3)14-8-10-15(11-9-14)32-12-18-27-28-21(29(18)24)33-13-19(30)26-20(31)25-17-7-5-4-6-16(17)23/h4-11H,12-13,24H2,1-3H3,(H2,25,26,30,31). The number of benzene rings is 2. The summed E-state index contributed by atoms with van der Waals surface area (Å²) in [6, 6.07) is 12.6. The van der Waals surface area contributed by atoms with Crippen molar-refractivity contribution in [2.24, 2.45) is 0 Å². The molecular formula is C22H25FN6O3S. The molecular weight excluding hydrogens is 447 g/mol. The van der Waals surface area contributed by atoms with E-state index in [1.54, 1.807) is 6.07 Å². The SMILES string of the molecule is CC(C)(C)c1ccc(OCc2nnc(SCC(=O)NC(=O)Nc3ccccc3F)n2N)cc1. The van der Waals surface area contributed by atoms with Crippen molar-refractivity contribution < 1.29 is 18.7 Å². The van der Waals surface area contributed by atoms with E-state index in [9.17, 15) is 14.0 Å². The lowest BCUT2D eigenvalue weighted by atomic mass is 9.87. The van der Waals surface area contributed by atoms with Gasteiger partial charge in [0, 0.05) is 0 Å². The Bertz CT molecular complexity index is 1130. The molecule has 0 aliphatic rings. The highest BCUT2D eigenvalue weighted by atomic mass is 32.2. The van der Waals surface area contributed by atoms with Crippen molar-refractivity contribution in [3.05, 3.63) is 65.7 Å². The molecule has 0 saturated heterocycles. The Hall–Kier alpha value is -3.60. The van der Waals surface area contributed by atoms with Crippen LogP contribution in [0.1, 0.15) is 32.2 Å². The number of nitrogens with two attached hydrogens (primary N) is 1. The highest BCUT2D eigenvalue weighted by Crippen LogP contribution is 2.24. The molecule has 11 heteroatoms. The third-order valence-electron chi connectivity index (χ3n) is 4.53. The maximum atomic E-state index is 13.6. The summed E-state index contributed by atoms with van der Waals surface area (Å²) in [7, 11) is 0. The molecule has 0 aliphatic carbocycles. The first-order valence-corrected chi connectivity index (χ1v) is 11.0. The van der Waals surface area contributed by atoms with Gasteiger partial charge in [0.05, 0.1) is 11.4 Å². The average Bonchev–Trinajstić information content (AvgIpc) is 3.11. The van der Waals surface area contributed by atoms with Crippen molar-refractivity contribution in [3.8, 4) is 5.75 Å². The van der Waals surface area contributed by atoms with E-state index in [0.29, 0.717) is 11.6 Å². The number of urea groups is 1. The van der Waals surface area contributed by atoms with Gasteiger partial charge < -0.3 is 15.9 Å². The van der Waals surface area contributed by atoms with Gasteiger partial charge in [-0.2, -0.15) is 0 Å². The van der Waals surface area contributed by atoms with Gasteiger partial charge in [-0.3, -0.25) is 10.1 Å². The van der Waals surface area contributed by atoms with Gasteiger partial charge in [0.1, 0.15) is 18.2 Å². The number of hydrogen-bond donors (Lipinski definition) is 3. The predicted octanol–water partition coefficient (Wildman–Crippen LogP) is 3.45. The fraction of sp³-hybridized carbons (Fsp3) is 0.273. The molecule has 0 fully saturated rings. The van der Waals surface area contributed by atoms with E-state index < -0.39 is 17.8 Å². The lowest BCUT2D eigenvalue weighted by Gasteiger charge is -2.19. The van der Waals surface area contributed by atoms with Crippen LogP contribution in [0.5, 0.6) is 5.75 Å². The highest BCUT2D eigenvalue weighted by Gasteiger charge is 2.16. The summed E-state index contributed by atoms with van der Waals surface area (Å²) < 4.78 is 20.5. The third-order valence-corrected chi connectivity index (χ3v) is 5.47. The molecule has 0 aliphatic heterocycles. The first-order valence-electron chi connectivity index (χ1n) is 10.0. The average molecular weight is 473 g/mol. The molecule has 2 aromatic carbocycles. The molecule has 4 N–H and O–H groups in total. The number of aromatic nitrogens is 3. The molecule has 33 heavy (non-hydrogen) atoms. The number of anilines is 1. The summed E-state index contributed by atoms with van der Waals surface area (Å²) in [6.45, 7) is 6.49. The van der Waals surface area contributed by atoms with Crippen LogP contribution in [0, 0.1) is 5.82 Å². The van der Waals surface area contributed by atoms with Crippen molar-refractivity contribution in [2.75, 3.05) is 16.9 Å².